The molecule has 7 nitrogen and oxygen atoms in total. The van der Waals surface area contributed by atoms with Gasteiger partial charge in [-0.05, 0) is 27.7 Å². The minimum Gasteiger partial charge on any atom is -0.479 e. The summed E-state index contributed by atoms with van der Waals surface area (Å²) >= 11 is 0. The maximum atomic E-state index is 11.6. The molecule has 0 bridgehead atoms. The molecule has 7 heteroatoms. The first-order valence-electron chi connectivity index (χ1n) is 5.97. The SMILES string of the molecule is CCn1cc([C@@H](NC(=O)OC(C)(C)C)C(=O)O)cn1. The van der Waals surface area contributed by atoms with Gasteiger partial charge in [0.05, 0.1) is 6.20 Å². The third kappa shape index (κ3) is 4.61. The number of carbonyl (C=O) groups is 2. The van der Waals surface area contributed by atoms with Crippen LogP contribution in [0, 0.1) is 0 Å². The van der Waals surface area contributed by atoms with Crippen molar-refractivity contribution in [2.24, 2.45) is 0 Å². The van der Waals surface area contributed by atoms with Crippen LogP contribution < -0.4 is 5.32 Å². The number of amides is 1. The summed E-state index contributed by atoms with van der Waals surface area (Å²) < 4.78 is 6.62. The molecule has 19 heavy (non-hydrogen) atoms. The van der Waals surface area contributed by atoms with Gasteiger partial charge in [-0.25, -0.2) is 9.59 Å². The number of nitrogens with zero attached hydrogens (tertiary/aromatic N) is 2. The smallest absolute Gasteiger partial charge is 0.408 e. The standard InChI is InChI=1S/C12H19N3O4/c1-5-15-7-8(6-13-15)9(10(16)17)14-11(18)19-12(2,3)4/h6-7,9H,5H2,1-4H3,(H,14,18)(H,16,17)/t9-/m1/s1. The van der Waals surface area contributed by atoms with Crippen molar-refractivity contribution in [3.05, 3.63) is 18.0 Å². The summed E-state index contributed by atoms with van der Waals surface area (Å²) in [6.45, 7) is 7.62. The van der Waals surface area contributed by atoms with Crippen LogP contribution in [0.3, 0.4) is 0 Å². The van der Waals surface area contributed by atoms with Gasteiger partial charge in [0, 0.05) is 18.3 Å². The van der Waals surface area contributed by atoms with Crippen LogP contribution in [0.1, 0.15) is 39.3 Å². The first-order valence-corrected chi connectivity index (χ1v) is 5.97. The molecular weight excluding hydrogens is 250 g/mol. The summed E-state index contributed by atoms with van der Waals surface area (Å²) in [6.07, 6.45) is 2.22. The van der Waals surface area contributed by atoms with Crippen molar-refractivity contribution in [3.63, 3.8) is 0 Å². The molecule has 0 aromatic carbocycles. The molecule has 0 spiro atoms. The van der Waals surface area contributed by atoms with E-state index in [1.165, 1.54) is 6.20 Å². The second-order valence-electron chi connectivity index (χ2n) is 5.05. The number of alkyl carbamates (subject to hydrolysis) is 1. The highest BCUT2D eigenvalue weighted by molar-refractivity contribution is 5.81. The fraction of sp³-hybridized carbons (Fsp3) is 0.583. The maximum absolute atomic E-state index is 11.6. The zero-order valence-electron chi connectivity index (χ0n) is 11.5. The van der Waals surface area contributed by atoms with E-state index in [4.69, 9.17) is 9.84 Å². The number of hydrogen-bond acceptors (Lipinski definition) is 4. The Morgan fingerprint density at radius 1 is 1.53 bits per heavy atom. The predicted octanol–water partition coefficient (Wildman–Crippen LogP) is 1.55. The number of ether oxygens (including phenoxy) is 1. The van der Waals surface area contributed by atoms with Crippen LogP contribution in [0.15, 0.2) is 12.4 Å². The molecule has 0 fully saturated rings. The second kappa shape index (κ2) is 5.73. The zero-order valence-corrected chi connectivity index (χ0v) is 11.5. The molecule has 1 rings (SSSR count). The summed E-state index contributed by atoms with van der Waals surface area (Å²) in [7, 11) is 0. The molecular formula is C12H19N3O4. The number of aliphatic carboxylic acids is 1. The number of carbonyl (C=O) groups excluding carboxylic acids is 1. The van der Waals surface area contributed by atoms with E-state index in [0.29, 0.717) is 12.1 Å². The molecule has 1 aromatic rings. The van der Waals surface area contributed by atoms with Crippen molar-refractivity contribution < 1.29 is 19.4 Å². The van der Waals surface area contributed by atoms with Crippen molar-refractivity contribution in [2.75, 3.05) is 0 Å². The Morgan fingerprint density at radius 2 is 2.16 bits per heavy atom. The first-order chi connectivity index (χ1) is 8.73. The van der Waals surface area contributed by atoms with Crippen molar-refractivity contribution in [1.82, 2.24) is 15.1 Å². The highest BCUT2D eigenvalue weighted by atomic mass is 16.6. The first kappa shape index (κ1) is 15.0. The molecule has 0 unspecified atom stereocenters. The van der Waals surface area contributed by atoms with Gasteiger partial charge in [0.1, 0.15) is 5.60 Å². The van der Waals surface area contributed by atoms with Crippen molar-refractivity contribution in [1.29, 1.82) is 0 Å². The van der Waals surface area contributed by atoms with E-state index in [9.17, 15) is 9.59 Å². The Labute approximate surface area is 111 Å². The van der Waals surface area contributed by atoms with E-state index >= 15 is 0 Å². The van der Waals surface area contributed by atoms with Gasteiger partial charge < -0.3 is 15.2 Å². The largest absolute Gasteiger partial charge is 0.479 e. The Balaban J connectivity index is 2.79. The van der Waals surface area contributed by atoms with Gasteiger partial charge in [-0.2, -0.15) is 5.10 Å². The van der Waals surface area contributed by atoms with E-state index in [2.05, 4.69) is 10.4 Å². The third-order valence-electron chi connectivity index (χ3n) is 2.22. The lowest BCUT2D eigenvalue weighted by atomic mass is 10.1. The van der Waals surface area contributed by atoms with Gasteiger partial charge in [0.2, 0.25) is 0 Å². The molecule has 1 amide bonds. The number of aryl methyl sites for hydroxylation is 1. The maximum Gasteiger partial charge on any atom is 0.408 e. The molecule has 1 aromatic heterocycles. The van der Waals surface area contributed by atoms with Gasteiger partial charge in [-0.1, -0.05) is 0 Å². The quantitative estimate of drug-likeness (QED) is 0.865. The number of carboxylic acids is 1. The van der Waals surface area contributed by atoms with Crippen molar-refractivity contribution in [3.8, 4) is 0 Å². The van der Waals surface area contributed by atoms with Gasteiger partial charge >= 0.3 is 12.1 Å². The minimum atomic E-state index is -1.17. The van der Waals surface area contributed by atoms with Crippen LogP contribution in [0.2, 0.25) is 0 Å². The van der Waals surface area contributed by atoms with Crippen LogP contribution in [-0.4, -0.2) is 32.6 Å². The third-order valence-corrected chi connectivity index (χ3v) is 2.22. The average Bonchev–Trinajstić information content (AvgIpc) is 2.71. The van der Waals surface area contributed by atoms with Crippen LogP contribution in [0.5, 0.6) is 0 Å². The van der Waals surface area contributed by atoms with Crippen LogP contribution >= 0.6 is 0 Å². The van der Waals surface area contributed by atoms with E-state index in [1.807, 2.05) is 6.92 Å². The molecule has 2 N–H and O–H groups in total. The normalized spacial score (nSPS) is 12.8. The van der Waals surface area contributed by atoms with Gasteiger partial charge in [0.25, 0.3) is 0 Å². The minimum absolute atomic E-state index is 0.403. The lowest BCUT2D eigenvalue weighted by Gasteiger charge is -2.21. The van der Waals surface area contributed by atoms with E-state index in [-0.39, 0.29) is 0 Å². The highest BCUT2D eigenvalue weighted by Gasteiger charge is 2.26. The molecule has 0 aliphatic rings. The van der Waals surface area contributed by atoms with E-state index < -0.39 is 23.7 Å². The monoisotopic (exact) mass is 269 g/mol. The Morgan fingerprint density at radius 3 is 2.58 bits per heavy atom. The van der Waals surface area contributed by atoms with E-state index in [1.54, 1.807) is 31.6 Å². The fourth-order valence-corrected chi connectivity index (χ4v) is 1.41. The summed E-state index contributed by atoms with van der Waals surface area (Å²) in [6, 6.07) is -1.17. The zero-order chi connectivity index (χ0) is 14.6. The number of nitrogens with one attached hydrogen (secondary N) is 1. The lowest BCUT2D eigenvalue weighted by Crippen LogP contribution is -2.37. The number of aromatic nitrogens is 2. The van der Waals surface area contributed by atoms with Crippen LogP contribution in [-0.2, 0) is 16.1 Å². The predicted molar refractivity (Wildman–Crippen MR) is 67.6 cm³/mol. The second-order valence-corrected chi connectivity index (χ2v) is 5.05. The average molecular weight is 269 g/mol. The van der Waals surface area contributed by atoms with Crippen molar-refractivity contribution in [2.45, 2.75) is 45.9 Å². The molecule has 0 radical (unpaired) electrons. The molecule has 0 aliphatic heterocycles. The molecule has 106 valence electrons. The highest BCUT2D eigenvalue weighted by Crippen LogP contribution is 2.14. The van der Waals surface area contributed by atoms with Gasteiger partial charge in [0.15, 0.2) is 6.04 Å². The van der Waals surface area contributed by atoms with Crippen molar-refractivity contribution >= 4 is 12.1 Å². The summed E-state index contributed by atoms with van der Waals surface area (Å²) in [4.78, 5) is 22.8. The molecule has 0 saturated carbocycles. The summed E-state index contributed by atoms with van der Waals surface area (Å²) in [5.41, 5.74) is -0.277. The van der Waals surface area contributed by atoms with Crippen LogP contribution in [0.4, 0.5) is 4.79 Å². The molecule has 1 atom stereocenters. The Kier molecular flexibility index (Phi) is 4.52. The topological polar surface area (TPSA) is 93.5 Å². The molecule has 1 heterocycles. The number of carboxylic acid groups (broad SMARTS) is 1. The van der Waals surface area contributed by atoms with Gasteiger partial charge in [-0.3, -0.25) is 4.68 Å². The summed E-state index contributed by atoms with van der Waals surface area (Å²) in [5.74, 6) is -1.17. The lowest BCUT2D eigenvalue weighted by molar-refractivity contribution is -0.139. The molecule has 0 saturated heterocycles. The summed E-state index contributed by atoms with van der Waals surface area (Å²) in [5, 5.41) is 15.4. The van der Waals surface area contributed by atoms with Gasteiger partial charge in [-0.15, -0.1) is 0 Å². The Bertz CT molecular complexity index is 462. The van der Waals surface area contributed by atoms with Crippen LogP contribution in [0.25, 0.3) is 0 Å². The van der Waals surface area contributed by atoms with E-state index in [0.717, 1.165) is 0 Å². The number of rotatable bonds is 4. The number of hydrogen-bond donors (Lipinski definition) is 2. The fourth-order valence-electron chi connectivity index (χ4n) is 1.41. The Hall–Kier alpha value is -2.05. The molecule has 0 aliphatic carbocycles.